The maximum atomic E-state index is 13.3. The average Bonchev–Trinajstić information content (AvgIpc) is 2.18. The summed E-state index contributed by atoms with van der Waals surface area (Å²) in [4.78, 5) is 0. The summed E-state index contributed by atoms with van der Waals surface area (Å²) in [6, 6.07) is 5.16. The molecule has 94 valence electrons. The number of fused-ring (bicyclic) bond motifs is 1. The molecule has 0 aliphatic heterocycles. The third-order valence-corrected chi connectivity index (χ3v) is 2.27. The molecule has 0 saturated heterocycles. The molecule has 1 aromatic rings. The average molecular weight is 238 g/mol. The van der Waals surface area contributed by atoms with Crippen molar-refractivity contribution in [2.24, 2.45) is 5.92 Å². The minimum Gasteiger partial charge on any atom is -0.201 e. The zero-order valence-corrected chi connectivity index (χ0v) is 10.9. The number of benzene rings is 1. The number of rotatable bonds is 0. The van der Waals surface area contributed by atoms with Gasteiger partial charge in [-0.15, -0.1) is 0 Å². The van der Waals surface area contributed by atoms with Crippen LogP contribution >= 0.6 is 0 Å². The summed E-state index contributed by atoms with van der Waals surface area (Å²) in [5.41, 5.74) is 1.69. The number of aryl methyl sites for hydroxylation is 1. The van der Waals surface area contributed by atoms with Gasteiger partial charge in [0, 0.05) is 12.0 Å². The van der Waals surface area contributed by atoms with Gasteiger partial charge < -0.3 is 0 Å². The Morgan fingerprint density at radius 2 is 1.76 bits per heavy atom. The van der Waals surface area contributed by atoms with Crippen molar-refractivity contribution in [3.63, 3.8) is 0 Å². The van der Waals surface area contributed by atoms with Crippen LogP contribution in [0.15, 0.2) is 24.3 Å². The van der Waals surface area contributed by atoms with Crippen LogP contribution in [0.25, 0.3) is 6.08 Å². The van der Waals surface area contributed by atoms with Gasteiger partial charge in [0.15, 0.2) is 0 Å². The Morgan fingerprint density at radius 1 is 1.18 bits per heavy atom. The molecule has 0 unspecified atom stereocenters. The lowest BCUT2D eigenvalue weighted by Crippen LogP contribution is -2.16. The van der Waals surface area contributed by atoms with E-state index in [1.54, 1.807) is 18.2 Å². The maximum absolute atomic E-state index is 13.3. The third kappa shape index (κ3) is 3.95. The topological polar surface area (TPSA) is 0 Å². The first kappa shape index (κ1) is 13.9. The Labute approximate surface area is 102 Å². The Hall–Kier alpha value is -1.18. The van der Waals surface area contributed by atoms with Gasteiger partial charge in [-0.1, -0.05) is 50.6 Å². The number of hydrogen-bond donors (Lipinski definition) is 0. The van der Waals surface area contributed by atoms with Crippen molar-refractivity contribution in [3.8, 4) is 0 Å². The Balaban J connectivity index is 0.000000317. The molecule has 0 fully saturated rings. The van der Waals surface area contributed by atoms with Crippen molar-refractivity contribution in [3.05, 3.63) is 41.0 Å². The zero-order valence-electron chi connectivity index (χ0n) is 10.9. The molecule has 0 spiro atoms. The summed E-state index contributed by atoms with van der Waals surface area (Å²) in [7, 11) is 0. The molecule has 0 heterocycles. The number of allylic oxidation sites excluding steroid dienone is 1. The number of halogens is 2. The van der Waals surface area contributed by atoms with Crippen LogP contribution in [0.3, 0.4) is 0 Å². The van der Waals surface area contributed by atoms with Crippen LogP contribution in [0, 0.1) is 12.8 Å². The van der Waals surface area contributed by atoms with Crippen molar-refractivity contribution < 1.29 is 8.78 Å². The molecular weight excluding hydrogens is 218 g/mol. The summed E-state index contributed by atoms with van der Waals surface area (Å²) in [5, 5.41) is 0. The highest BCUT2D eigenvalue weighted by Crippen LogP contribution is 2.38. The molecule has 1 aliphatic rings. The minimum atomic E-state index is -2.68. The summed E-state index contributed by atoms with van der Waals surface area (Å²) in [5.74, 6) is -1.85. The first-order valence-electron chi connectivity index (χ1n) is 5.98. The lowest BCUT2D eigenvalue weighted by molar-refractivity contribution is -0.00227. The van der Waals surface area contributed by atoms with Crippen LogP contribution in [0.5, 0.6) is 0 Å². The molecule has 1 aromatic carbocycles. The summed E-state index contributed by atoms with van der Waals surface area (Å²) in [6.07, 6.45) is 3.10. The van der Waals surface area contributed by atoms with Gasteiger partial charge in [0.2, 0.25) is 0 Å². The fourth-order valence-corrected chi connectivity index (χ4v) is 1.58. The smallest absolute Gasteiger partial charge is 0.201 e. The van der Waals surface area contributed by atoms with Crippen LogP contribution < -0.4 is 0 Å². The van der Waals surface area contributed by atoms with Crippen LogP contribution in [0.1, 0.15) is 43.9 Å². The van der Waals surface area contributed by atoms with Gasteiger partial charge in [-0.05, 0) is 24.5 Å². The Morgan fingerprint density at radius 3 is 2.35 bits per heavy atom. The van der Waals surface area contributed by atoms with Crippen LogP contribution in [-0.2, 0) is 5.92 Å². The second-order valence-corrected chi connectivity index (χ2v) is 5.13. The fourth-order valence-electron chi connectivity index (χ4n) is 1.58. The van der Waals surface area contributed by atoms with E-state index in [4.69, 9.17) is 0 Å². The quantitative estimate of drug-likeness (QED) is 0.585. The van der Waals surface area contributed by atoms with E-state index in [2.05, 4.69) is 20.8 Å². The van der Waals surface area contributed by atoms with Crippen molar-refractivity contribution >= 4 is 6.08 Å². The second kappa shape index (κ2) is 5.44. The summed E-state index contributed by atoms with van der Waals surface area (Å²) < 4.78 is 26.7. The zero-order chi connectivity index (χ0) is 13.1. The number of hydrogen-bond acceptors (Lipinski definition) is 0. The van der Waals surface area contributed by atoms with Gasteiger partial charge >= 0.3 is 0 Å². The largest absolute Gasteiger partial charge is 0.277 e. The summed E-state index contributed by atoms with van der Waals surface area (Å²) in [6.45, 7) is 8.33. The van der Waals surface area contributed by atoms with E-state index in [9.17, 15) is 8.78 Å². The van der Waals surface area contributed by atoms with E-state index in [-0.39, 0.29) is 12.0 Å². The summed E-state index contributed by atoms with van der Waals surface area (Å²) >= 11 is 0. The predicted octanol–water partition coefficient (Wildman–Crippen LogP) is 5.17. The molecule has 17 heavy (non-hydrogen) atoms. The first-order valence-corrected chi connectivity index (χ1v) is 5.98. The van der Waals surface area contributed by atoms with Crippen molar-refractivity contribution in [2.75, 3.05) is 0 Å². The third-order valence-electron chi connectivity index (χ3n) is 2.27. The van der Waals surface area contributed by atoms with Gasteiger partial charge in [0.1, 0.15) is 0 Å². The Bertz CT molecular complexity index is 401. The first-order chi connectivity index (χ1) is 7.83. The highest BCUT2D eigenvalue weighted by molar-refractivity contribution is 5.58. The lowest BCUT2D eigenvalue weighted by Gasteiger charge is -2.21. The highest BCUT2D eigenvalue weighted by atomic mass is 19.3. The van der Waals surface area contributed by atoms with Crippen molar-refractivity contribution in [2.45, 2.75) is 40.0 Å². The molecule has 0 nitrogen and oxygen atoms in total. The molecule has 0 amide bonds. The molecule has 0 aromatic heterocycles. The minimum absolute atomic E-state index is 0.162. The second-order valence-electron chi connectivity index (χ2n) is 5.13. The van der Waals surface area contributed by atoms with E-state index in [1.165, 1.54) is 6.08 Å². The number of alkyl halides is 2. The standard InChI is InChI=1S/C11H10F2.C4H10/c1-8-4-5-9-3-2-6-11(12,13)10(9)7-8;1-4(2)3/h2-5,7H,6H2,1H3;4H,1-3H3. The van der Waals surface area contributed by atoms with Crippen LogP contribution in [0.2, 0.25) is 0 Å². The maximum Gasteiger partial charge on any atom is 0.277 e. The van der Waals surface area contributed by atoms with E-state index in [1.807, 2.05) is 13.0 Å². The van der Waals surface area contributed by atoms with E-state index in [0.717, 1.165) is 11.5 Å². The molecule has 0 N–H and O–H groups in total. The van der Waals surface area contributed by atoms with Crippen LogP contribution in [-0.4, -0.2) is 0 Å². The molecule has 0 radical (unpaired) electrons. The highest BCUT2D eigenvalue weighted by Gasteiger charge is 2.34. The molecule has 0 saturated carbocycles. The van der Waals surface area contributed by atoms with E-state index in [0.29, 0.717) is 5.56 Å². The Kier molecular flexibility index (Phi) is 4.44. The molecule has 2 rings (SSSR count). The van der Waals surface area contributed by atoms with E-state index >= 15 is 0 Å². The lowest BCUT2D eigenvalue weighted by atomic mass is 9.92. The van der Waals surface area contributed by atoms with Gasteiger partial charge in [0.25, 0.3) is 5.92 Å². The normalized spacial score (nSPS) is 16.2. The van der Waals surface area contributed by atoms with Crippen molar-refractivity contribution in [1.29, 1.82) is 0 Å². The van der Waals surface area contributed by atoms with Gasteiger partial charge in [0.05, 0.1) is 0 Å². The molecular formula is C15H20F2. The fraction of sp³-hybridized carbons (Fsp3) is 0.467. The SMILES string of the molecule is CC(C)C.Cc1ccc2c(c1)C(F)(F)CC=C2. The van der Waals surface area contributed by atoms with Gasteiger partial charge in [-0.25, -0.2) is 8.78 Å². The van der Waals surface area contributed by atoms with Gasteiger partial charge in [-0.2, -0.15) is 0 Å². The monoisotopic (exact) mass is 238 g/mol. The molecule has 2 heteroatoms. The molecule has 1 aliphatic carbocycles. The van der Waals surface area contributed by atoms with E-state index < -0.39 is 5.92 Å². The van der Waals surface area contributed by atoms with Crippen molar-refractivity contribution in [1.82, 2.24) is 0 Å². The predicted molar refractivity (Wildman–Crippen MR) is 69.2 cm³/mol. The molecule has 0 atom stereocenters. The van der Waals surface area contributed by atoms with Crippen LogP contribution in [0.4, 0.5) is 8.78 Å². The van der Waals surface area contributed by atoms with Gasteiger partial charge in [-0.3, -0.25) is 0 Å². The molecule has 0 bridgehead atoms.